The first kappa shape index (κ1) is 14.9. The molecule has 1 aliphatic rings. The fourth-order valence-corrected chi connectivity index (χ4v) is 2.74. The van der Waals surface area contributed by atoms with Gasteiger partial charge >= 0.3 is 0 Å². The van der Waals surface area contributed by atoms with Crippen LogP contribution in [0.25, 0.3) is 5.69 Å². The number of ether oxygens (including phenoxy) is 1. The summed E-state index contributed by atoms with van der Waals surface area (Å²) in [4.78, 5) is 4.26. The predicted octanol–water partition coefficient (Wildman–Crippen LogP) is 0.821. The van der Waals surface area contributed by atoms with Crippen LogP contribution >= 0.6 is 0 Å². The molecule has 0 amide bonds. The predicted molar refractivity (Wildman–Crippen MR) is 83.2 cm³/mol. The summed E-state index contributed by atoms with van der Waals surface area (Å²) in [5.74, 6) is 2.36. The van der Waals surface area contributed by atoms with Gasteiger partial charge in [0.1, 0.15) is 5.82 Å². The van der Waals surface area contributed by atoms with E-state index < -0.39 is 0 Å². The second kappa shape index (κ2) is 6.85. The summed E-state index contributed by atoms with van der Waals surface area (Å²) < 4.78 is 7.13. The minimum absolute atomic E-state index is 0.542. The Kier molecular flexibility index (Phi) is 4.65. The summed E-state index contributed by atoms with van der Waals surface area (Å²) in [6.07, 6.45) is 4.08. The van der Waals surface area contributed by atoms with Gasteiger partial charge in [0.25, 0.3) is 0 Å². The fourth-order valence-electron chi connectivity index (χ4n) is 2.74. The van der Waals surface area contributed by atoms with Crippen molar-refractivity contribution in [1.82, 2.24) is 30.4 Å². The average Bonchev–Trinajstić information content (AvgIpc) is 2.95. The van der Waals surface area contributed by atoms with Gasteiger partial charge in [0.05, 0.1) is 25.5 Å². The van der Waals surface area contributed by atoms with Crippen molar-refractivity contribution in [2.24, 2.45) is 0 Å². The molecule has 3 heterocycles. The van der Waals surface area contributed by atoms with Gasteiger partial charge in [-0.1, -0.05) is 0 Å². The lowest BCUT2D eigenvalue weighted by Gasteiger charge is -2.23. The first-order chi connectivity index (χ1) is 10.8. The molecule has 1 saturated heterocycles. The number of methoxy groups -OCH3 is 1. The molecule has 0 aromatic carbocycles. The van der Waals surface area contributed by atoms with E-state index in [2.05, 4.69) is 25.8 Å². The van der Waals surface area contributed by atoms with Crippen LogP contribution in [-0.2, 0) is 6.54 Å². The lowest BCUT2D eigenvalue weighted by Crippen LogP contribution is -2.39. The van der Waals surface area contributed by atoms with Gasteiger partial charge in [-0.3, -0.25) is 4.57 Å². The van der Waals surface area contributed by atoms with Gasteiger partial charge in [-0.25, -0.2) is 4.98 Å². The summed E-state index contributed by atoms with van der Waals surface area (Å²) >= 11 is 0. The second-order valence-electron chi connectivity index (χ2n) is 5.46. The van der Waals surface area contributed by atoms with Crippen LogP contribution in [-0.4, -0.2) is 46.0 Å². The molecule has 22 heavy (non-hydrogen) atoms. The Labute approximate surface area is 130 Å². The van der Waals surface area contributed by atoms with Crippen LogP contribution < -0.4 is 15.4 Å². The van der Waals surface area contributed by atoms with Gasteiger partial charge in [-0.05, 0) is 38.9 Å². The maximum atomic E-state index is 5.10. The van der Waals surface area contributed by atoms with Crippen molar-refractivity contribution in [3.8, 4) is 11.6 Å². The molecular weight excluding hydrogens is 280 g/mol. The highest BCUT2D eigenvalue weighted by atomic mass is 16.5. The number of hydrogen-bond acceptors (Lipinski definition) is 6. The zero-order valence-corrected chi connectivity index (χ0v) is 13.0. The van der Waals surface area contributed by atoms with Crippen LogP contribution in [0.15, 0.2) is 18.3 Å². The monoisotopic (exact) mass is 302 g/mol. The molecule has 0 bridgehead atoms. The quantitative estimate of drug-likeness (QED) is 0.851. The number of piperidine rings is 1. The molecule has 1 aliphatic heterocycles. The molecule has 2 aromatic heterocycles. The van der Waals surface area contributed by atoms with Crippen molar-refractivity contribution in [2.75, 3.05) is 20.2 Å². The number of nitrogens with one attached hydrogen (secondary N) is 2. The van der Waals surface area contributed by atoms with Gasteiger partial charge in [0, 0.05) is 12.1 Å². The standard InChI is InChI=1S/C15H22N6O/c1-11-19-20-14(10-17-12-5-7-16-8-6-12)21(11)13-3-4-15(22-2)18-9-13/h3-4,9,12,16-17H,5-8,10H2,1-2H3. The maximum absolute atomic E-state index is 5.10. The third-order valence-corrected chi connectivity index (χ3v) is 3.97. The van der Waals surface area contributed by atoms with Crippen molar-refractivity contribution in [3.05, 3.63) is 30.0 Å². The van der Waals surface area contributed by atoms with Crippen molar-refractivity contribution < 1.29 is 4.74 Å². The van der Waals surface area contributed by atoms with E-state index in [-0.39, 0.29) is 0 Å². The number of rotatable bonds is 5. The molecule has 0 saturated carbocycles. The van der Waals surface area contributed by atoms with E-state index in [0.29, 0.717) is 18.5 Å². The van der Waals surface area contributed by atoms with Crippen molar-refractivity contribution in [2.45, 2.75) is 32.4 Å². The molecule has 0 unspecified atom stereocenters. The number of aryl methyl sites for hydroxylation is 1. The van der Waals surface area contributed by atoms with E-state index in [1.807, 2.05) is 23.6 Å². The van der Waals surface area contributed by atoms with Crippen molar-refractivity contribution in [3.63, 3.8) is 0 Å². The molecule has 7 heteroatoms. The highest BCUT2D eigenvalue weighted by Crippen LogP contribution is 2.15. The van der Waals surface area contributed by atoms with E-state index in [4.69, 9.17) is 4.74 Å². The molecular formula is C15H22N6O. The SMILES string of the molecule is COc1ccc(-n2c(C)nnc2CNC2CCNCC2)cn1. The largest absolute Gasteiger partial charge is 0.481 e. The molecule has 3 rings (SSSR count). The zero-order chi connectivity index (χ0) is 15.4. The molecule has 0 radical (unpaired) electrons. The van der Waals surface area contributed by atoms with E-state index >= 15 is 0 Å². The fraction of sp³-hybridized carbons (Fsp3) is 0.533. The van der Waals surface area contributed by atoms with E-state index in [1.165, 1.54) is 0 Å². The number of nitrogens with zero attached hydrogens (tertiary/aromatic N) is 4. The summed E-state index contributed by atoms with van der Waals surface area (Å²) in [5, 5.41) is 15.4. The third-order valence-electron chi connectivity index (χ3n) is 3.97. The molecule has 2 N–H and O–H groups in total. The van der Waals surface area contributed by atoms with Crippen LogP contribution in [0.1, 0.15) is 24.5 Å². The number of aromatic nitrogens is 4. The Bertz CT molecular complexity index is 603. The average molecular weight is 302 g/mol. The molecule has 0 aliphatic carbocycles. The lowest BCUT2D eigenvalue weighted by atomic mass is 10.1. The Morgan fingerprint density at radius 2 is 2.14 bits per heavy atom. The summed E-state index contributed by atoms with van der Waals surface area (Å²) in [5.41, 5.74) is 0.949. The van der Waals surface area contributed by atoms with Crippen molar-refractivity contribution in [1.29, 1.82) is 0 Å². The van der Waals surface area contributed by atoms with Crippen LogP contribution in [0.4, 0.5) is 0 Å². The van der Waals surface area contributed by atoms with Crippen LogP contribution in [0, 0.1) is 6.92 Å². The highest BCUT2D eigenvalue weighted by molar-refractivity contribution is 5.33. The van der Waals surface area contributed by atoms with E-state index in [1.54, 1.807) is 13.3 Å². The first-order valence-corrected chi connectivity index (χ1v) is 7.63. The van der Waals surface area contributed by atoms with Crippen LogP contribution in [0.3, 0.4) is 0 Å². The van der Waals surface area contributed by atoms with Crippen LogP contribution in [0.2, 0.25) is 0 Å². The van der Waals surface area contributed by atoms with E-state index in [0.717, 1.165) is 43.3 Å². The number of hydrogen-bond donors (Lipinski definition) is 2. The summed E-state index contributed by atoms with van der Waals surface area (Å²) in [6, 6.07) is 4.36. The Balaban J connectivity index is 1.74. The number of pyridine rings is 1. The Morgan fingerprint density at radius 3 is 2.82 bits per heavy atom. The molecule has 0 spiro atoms. The topological polar surface area (TPSA) is 76.9 Å². The first-order valence-electron chi connectivity index (χ1n) is 7.63. The van der Waals surface area contributed by atoms with Gasteiger partial charge in [0.2, 0.25) is 5.88 Å². The highest BCUT2D eigenvalue weighted by Gasteiger charge is 2.15. The smallest absolute Gasteiger partial charge is 0.213 e. The Morgan fingerprint density at radius 1 is 1.32 bits per heavy atom. The molecule has 2 aromatic rings. The zero-order valence-electron chi connectivity index (χ0n) is 13.0. The minimum atomic E-state index is 0.542. The lowest BCUT2D eigenvalue weighted by molar-refractivity contribution is 0.382. The molecule has 1 fully saturated rings. The molecule has 118 valence electrons. The molecule has 7 nitrogen and oxygen atoms in total. The molecule has 0 atom stereocenters. The summed E-state index contributed by atoms with van der Waals surface area (Å²) in [6.45, 7) is 4.81. The van der Waals surface area contributed by atoms with E-state index in [9.17, 15) is 0 Å². The summed E-state index contributed by atoms with van der Waals surface area (Å²) in [7, 11) is 1.61. The maximum Gasteiger partial charge on any atom is 0.213 e. The van der Waals surface area contributed by atoms with Gasteiger partial charge in [0.15, 0.2) is 5.82 Å². The Hall–Kier alpha value is -1.99. The van der Waals surface area contributed by atoms with Crippen molar-refractivity contribution >= 4 is 0 Å². The third kappa shape index (κ3) is 3.26. The van der Waals surface area contributed by atoms with Crippen LogP contribution in [0.5, 0.6) is 5.88 Å². The van der Waals surface area contributed by atoms with Gasteiger partial charge in [-0.2, -0.15) is 0 Å². The van der Waals surface area contributed by atoms with Gasteiger partial charge < -0.3 is 15.4 Å². The second-order valence-corrected chi connectivity index (χ2v) is 5.46. The van der Waals surface area contributed by atoms with Gasteiger partial charge in [-0.15, -0.1) is 10.2 Å². The minimum Gasteiger partial charge on any atom is -0.481 e. The normalized spacial score (nSPS) is 15.9.